The molecule has 0 saturated heterocycles. The molecule has 0 unspecified atom stereocenters. The van der Waals surface area contributed by atoms with E-state index in [0.29, 0.717) is 43.8 Å². The Labute approximate surface area is 305 Å². The number of rotatable bonds is 19. The lowest BCUT2D eigenvalue weighted by atomic mass is 10.00. The van der Waals surface area contributed by atoms with Crippen molar-refractivity contribution in [2.24, 2.45) is 15.2 Å². The van der Waals surface area contributed by atoms with Crippen LogP contribution in [0.2, 0.25) is 5.02 Å². The lowest BCUT2D eigenvalue weighted by Crippen LogP contribution is -2.37. The molecule has 0 bridgehead atoms. The molecule has 1 N–H and O–H groups in total. The number of aryl methyl sites for hydroxylation is 2. The fraction of sp³-hybridized carbons (Fsp3) is 0.459. The highest BCUT2D eigenvalue weighted by Crippen LogP contribution is 2.40. The van der Waals surface area contributed by atoms with Gasteiger partial charge in [-0.2, -0.15) is 5.10 Å². The number of fused-ring (bicyclic) bond motifs is 1. The number of aldehydes is 1. The van der Waals surface area contributed by atoms with Gasteiger partial charge in [0.15, 0.2) is 5.84 Å². The van der Waals surface area contributed by atoms with Crippen LogP contribution in [0.1, 0.15) is 46.9 Å². The summed E-state index contributed by atoms with van der Waals surface area (Å²) in [4.78, 5) is 21.0. The standard InChI is InChI=1S/C20H21ClN4OS.C17H29NO3S/c1-5-25-19(24-22-4)16(10-11-26)23-18(14-6-8-15(21)9-7-14)17-12(2)13(3)27-20(17)25;1-16-4-6-17(7-5-16)22-15-3-9-19-11-13-21-14-12-20-10-8-18-2/h6-9,11,16H,4-5,10H2,1-3H3;4-7,18H,3,8-15H2,1-2H3/b24-19-;/t16-;/m0./s1. The minimum absolute atomic E-state index is 0.231. The third-order valence-electron chi connectivity index (χ3n) is 7.60. The van der Waals surface area contributed by atoms with E-state index in [1.807, 2.05) is 43.1 Å². The summed E-state index contributed by atoms with van der Waals surface area (Å²) in [5, 5.41) is 12.8. The SMILES string of the molecule is C=N/N=C1/[C@H](CC=O)N=C(c2ccc(Cl)cc2)c2c(sc(C)c2C)N1CC.CNCCOCCOCCOCCCSc1ccc(C)cc1. The molecule has 266 valence electrons. The Balaban J connectivity index is 0.000000272. The summed E-state index contributed by atoms with van der Waals surface area (Å²) in [6, 6.07) is 15.9. The van der Waals surface area contributed by atoms with Gasteiger partial charge >= 0.3 is 0 Å². The Hall–Kier alpha value is -2.90. The zero-order valence-electron chi connectivity index (χ0n) is 29.4. The number of thiophene rings is 1. The highest BCUT2D eigenvalue weighted by Gasteiger charge is 2.33. The quantitative estimate of drug-likeness (QED) is 0.0452. The number of aliphatic imine (C=N–C) groups is 1. The molecule has 1 atom stereocenters. The largest absolute Gasteiger partial charge is 0.379 e. The molecule has 0 spiro atoms. The van der Waals surface area contributed by atoms with E-state index < -0.39 is 6.04 Å². The predicted molar refractivity (Wildman–Crippen MR) is 208 cm³/mol. The third-order valence-corrected chi connectivity index (χ3v) is 10.2. The first-order valence-electron chi connectivity index (χ1n) is 16.6. The lowest BCUT2D eigenvalue weighted by molar-refractivity contribution is -0.107. The van der Waals surface area contributed by atoms with Gasteiger partial charge in [0.1, 0.15) is 17.3 Å². The van der Waals surface area contributed by atoms with E-state index in [-0.39, 0.29) is 6.42 Å². The predicted octanol–water partition coefficient (Wildman–Crippen LogP) is 7.41. The molecular formula is C37H50ClN5O4S2. The number of hydrogen-bond acceptors (Lipinski definition) is 10. The maximum atomic E-state index is 11.3. The van der Waals surface area contributed by atoms with Crippen LogP contribution >= 0.6 is 34.7 Å². The molecule has 1 aliphatic heterocycles. The van der Waals surface area contributed by atoms with E-state index >= 15 is 0 Å². The molecule has 1 aromatic heterocycles. The Morgan fingerprint density at radius 2 is 1.65 bits per heavy atom. The van der Waals surface area contributed by atoms with Crippen LogP contribution in [-0.4, -0.2) is 96.1 Å². The van der Waals surface area contributed by atoms with E-state index in [1.54, 1.807) is 11.3 Å². The van der Waals surface area contributed by atoms with Gasteiger partial charge in [0.2, 0.25) is 0 Å². The molecule has 4 rings (SSSR count). The zero-order valence-corrected chi connectivity index (χ0v) is 31.8. The molecule has 0 aliphatic carbocycles. The molecule has 3 aromatic rings. The summed E-state index contributed by atoms with van der Waals surface area (Å²) in [6.45, 7) is 17.6. The number of benzene rings is 2. The van der Waals surface area contributed by atoms with Crippen molar-refractivity contribution in [2.45, 2.75) is 51.5 Å². The highest BCUT2D eigenvalue weighted by atomic mass is 35.5. The average molecular weight is 728 g/mol. The Bertz CT molecular complexity index is 1500. The fourth-order valence-corrected chi connectivity index (χ4v) is 7.10. The topological polar surface area (TPSA) is 97.1 Å². The summed E-state index contributed by atoms with van der Waals surface area (Å²) < 4.78 is 16.3. The number of ether oxygens (including phenoxy) is 3. The number of carbonyl (C=O) groups excluding carboxylic acids is 1. The van der Waals surface area contributed by atoms with Gasteiger partial charge in [-0.25, -0.2) is 0 Å². The fourth-order valence-electron chi connectivity index (χ4n) is 4.92. The van der Waals surface area contributed by atoms with Crippen LogP contribution < -0.4 is 10.2 Å². The van der Waals surface area contributed by atoms with E-state index in [2.05, 4.69) is 79.1 Å². The summed E-state index contributed by atoms with van der Waals surface area (Å²) in [5.74, 6) is 1.73. The van der Waals surface area contributed by atoms with Crippen molar-refractivity contribution >= 4 is 64.3 Å². The highest BCUT2D eigenvalue weighted by molar-refractivity contribution is 7.99. The van der Waals surface area contributed by atoms with Crippen LogP contribution in [0.4, 0.5) is 5.00 Å². The van der Waals surface area contributed by atoms with Crippen LogP contribution in [0.5, 0.6) is 0 Å². The molecule has 2 heterocycles. The molecule has 49 heavy (non-hydrogen) atoms. The summed E-state index contributed by atoms with van der Waals surface area (Å²) in [6.07, 6.45) is 2.16. The van der Waals surface area contributed by atoms with Gasteiger partial charge in [-0.15, -0.1) is 28.2 Å². The minimum atomic E-state index is -0.419. The average Bonchev–Trinajstić information content (AvgIpc) is 3.32. The van der Waals surface area contributed by atoms with Gasteiger partial charge in [0.05, 0.1) is 38.7 Å². The van der Waals surface area contributed by atoms with E-state index in [9.17, 15) is 4.79 Å². The maximum Gasteiger partial charge on any atom is 0.157 e. The molecule has 12 heteroatoms. The third kappa shape index (κ3) is 13.1. The van der Waals surface area contributed by atoms with Crippen LogP contribution in [-0.2, 0) is 19.0 Å². The Morgan fingerprint density at radius 1 is 1.00 bits per heavy atom. The number of anilines is 1. The normalized spacial score (nSPS) is 14.9. The van der Waals surface area contributed by atoms with Crippen molar-refractivity contribution in [3.05, 3.63) is 80.7 Å². The number of nitrogens with one attached hydrogen (secondary N) is 1. The van der Waals surface area contributed by atoms with Gasteiger partial charge in [-0.3, -0.25) is 4.99 Å². The summed E-state index contributed by atoms with van der Waals surface area (Å²) >= 11 is 9.66. The monoisotopic (exact) mass is 727 g/mol. The number of halogens is 1. The molecule has 0 radical (unpaired) electrons. The van der Waals surface area contributed by atoms with Crippen molar-refractivity contribution in [3.63, 3.8) is 0 Å². The smallest absolute Gasteiger partial charge is 0.157 e. The number of likely N-dealkylation sites (N-methyl/N-ethyl adjacent to an activating group) is 2. The van der Waals surface area contributed by atoms with Crippen molar-refractivity contribution in [3.8, 4) is 0 Å². The maximum absolute atomic E-state index is 11.3. The number of hydrogen-bond donors (Lipinski definition) is 1. The van der Waals surface area contributed by atoms with Crippen molar-refractivity contribution < 1.29 is 19.0 Å². The summed E-state index contributed by atoms with van der Waals surface area (Å²) in [7, 11) is 1.91. The second kappa shape index (κ2) is 22.7. The Kier molecular flexibility index (Phi) is 18.8. The number of amidine groups is 1. The molecule has 2 aromatic carbocycles. The number of carbonyl (C=O) groups is 1. The van der Waals surface area contributed by atoms with E-state index in [0.717, 1.165) is 60.1 Å². The van der Waals surface area contributed by atoms with Crippen LogP contribution in [0.25, 0.3) is 0 Å². The first kappa shape index (κ1) is 40.5. The zero-order chi connectivity index (χ0) is 35.4. The van der Waals surface area contributed by atoms with E-state index in [4.69, 9.17) is 30.8 Å². The van der Waals surface area contributed by atoms with Crippen molar-refractivity contribution in [1.82, 2.24) is 5.32 Å². The van der Waals surface area contributed by atoms with Crippen molar-refractivity contribution in [1.29, 1.82) is 0 Å². The molecular weight excluding hydrogens is 678 g/mol. The second-order valence-electron chi connectivity index (χ2n) is 11.2. The van der Waals surface area contributed by atoms with E-state index in [1.165, 1.54) is 20.9 Å². The number of thioether (sulfide) groups is 1. The van der Waals surface area contributed by atoms with Crippen LogP contribution in [0, 0.1) is 20.8 Å². The molecule has 0 amide bonds. The Morgan fingerprint density at radius 3 is 2.27 bits per heavy atom. The first-order valence-corrected chi connectivity index (χ1v) is 18.8. The van der Waals surface area contributed by atoms with Crippen molar-refractivity contribution in [2.75, 3.05) is 70.4 Å². The van der Waals surface area contributed by atoms with Gasteiger partial charge in [-0.1, -0.05) is 41.4 Å². The molecule has 0 saturated carbocycles. The molecule has 1 aliphatic rings. The first-order chi connectivity index (χ1) is 23.8. The lowest BCUT2D eigenvalue weighted by Gasteiger charge is -2.24. The minimum Gasteiger partial charge on any atom is -0.379 e. The van der Waals surface area contributed by atoms with Crippen LogP contribution in [0.3, 0.4) is 0 Å². The molecule has 9 nitrogen and oxygen atoms in total. The number of nitrogens with zero attached hydrogens (tertiary/aromatic N) is 4. The van der Waals surface area contributed by atoms with Gasteiger partial charge < -0.3 is 29.2 Å². The molecule has 0 fully saturated rings. The second-order valence-corrected chi connectivity index (χ2v) is 14.0. The van der Waals surface area contributed by atoms with Gasteiger partial charge in [0, 0.05) is 64.5 Å². The van der Waals surface area contributed by atoms with Gasteiger partial charge in [0.25, 0.3) is 0 Å². The van der Waals surface area contributed by atoms with Gasteiger partial charge in [-0.05, 0) is 71.0 Å². The van der Waals surface area contributed by atoms with Crippen LogP contribution in [0.15, 0.2) is 68.6 Å². The summed E-state index contributed by atoms with van der Waals surface area (Å²) in [5.41, 5.74) is 5.37.